The van der Waals surface area contributed by atoms with Crippen LogP contribution in [0.2, 0.25) is 0 Å². The molecule has 3 heterocycles. The molecule has 0 radical (unpaired) electrons. The van der Waals surface area contributed by atoms with Crippen molar-refractivity contribution in [3.63, 3.8) is 0 Å². The topological polar surface area (TPSA) is 63.9 Å². The van der Waals surface area contributed by atoms with Gasteiger partial charge in [-0.05, 0) is 56.4 Å². The van der Waals surface area contributed by atoms with Crippen molar-refractivity contribution in [2.24, 2.45) is 0 Å². The lowest BCUT2D eigenvalue weighted by molar-refractivity contribution is 0.0672. The summed E-state index contributed by atoms with van der Waals surface area (Å²) in [6, 6.07) is 17.6. The molecule has 6 heteroatoms. The zero-order valence-electron chi connectivity index (χ0n) is 17.9. The number of rotatable bonds is 2. The molecular weight excluding hydrogens is 398 g/mol. The highest BCUT2D eigenvalue weighted by atomic mass is 16.2. The summed E-state index contributed by atoms with van der Waals surface area (Å²) in [6.07, 6.45) is 6.10. The lowest BCUT2D eigenvalue weighted by Crippen LogP contribution is -2.43. The van der Waals surface area contributed by atoms with Crippen LogP contribution in [-0.2, 0) is 0 Å². The highest BCUT2D eigenvalue weighted by Gasteiger charge is 2.28. The molecule has 6 nitrogen and oxygen atoms in total. The van der Waals surface area contributed by atoms with Crippen molar-refractivity contribution in [1.29, 1.82) is 0 Å². The predicted molar refractivity (Wildman–Crippen MR) is 123 cm³/mol. The Labute approximate surface area is 186 Å². The molecule has 158 valence electrons. The molecule has 0 saturated carbocycles. The van der Waals surface area contributed by atoms with Gasteiger partial charge in [0, 0.05) is 11.9 Å². The molecule has 1 fully saturated rings. The first-order valence-electron chi connectivity index (χ1n) is 10.8. The van der Waals surface area contributed by atoms with Gasteiger partial charge in [0.1, 0.15) is 5.69 Å². The fraction of sp³-hybridized carbons (Fsp3) is 0.231. The van der Waals surface area contributed by atoms with Crippen LogP contribution in [0.1, 0.15) is 40.9 Å². The number of likely N-dealkylation sites (tertiary alicyclic amines) is 1. The van der Waals surface area contributed by atoms with Crippen molar-refractivity contribution in [3.05, 3.63) is 83.8 Å². The number of carbonyl (C=O) groups excluding carboxylic acids is 1. The van der Waals surface area contributed by atoms with Gasteiger partial charge in [0.15, 0.2) is 0 Å². The number of hydrogen-bond donors (Lipinski definition) is 0. The van der Waals surface area contributed by atoms with E-state index in [1.54, 1.807) is 12.4 Å². The Hall–Kier alpha value is -3.98. The summed E-state index contributed by atoms with van der Waals surface area (Å²) in [6.45, 7) is 2.67. The number of benzene rings is 2. The van der Waals surface area contributed by atoms with Crippen LogP contribution in [-0.4, -0.2) is 43.4 Å². The van der Waals surface area contributed by atoms with Crippen LogP contribution < -0.4 is 0 Å². The SMILES string of the molecule is Cc1ccc(-n2nccn2)c(C(=O)N2CCCCC2C#Cc2ccc3ccccc3n2)c1. The first-order chi connectivity index (χ1) is 15.7. The van der Waals surface area contributed by atoms with Gasteiger partial charge in [-0.15, -0.1) is 0 Å². The molecule has 0 N–H and O–H groups in total. The number of nitrogens with zero attached hydrogens (tertiary/aromatic N) is 5. The summed E-state index contributed by atoms with van der Waals surface area (Å²) in [5, 5.41) is 9.54. The van der Waals surface area contributed by atoms with Crippen LogP contribution >= 0.6 is 0 Å². The van der Waals surface area contributed by atoms with E-state index in [-0.39, 0.29) is 11.9 Å². The highest BCUT2D eigenvalue weighted by molar-refractivity contribution is 5.98. The van der Waals surface area contributed by atoms with E-state index in [9.17, 15) is 4.79 Å². The van der Waals surface area contributed by atoms with Crippen LogP contribution in [0.5, 0.6) is 0 Å². The molecule has 2 aromatic carbocycles. The highest BCUT2D eigenvalue weighted by Crippen LogP contribution is 2.23. The van der Waals surface area contributed by atoms with E-state index in [2.05, 4.69) is 27.0 Å². The Bertz CT molecular complexity index is 1330. The number of fused-ring (bicyclic) bond motifs is 1. The Morgan fingerprint density at radius 3 is 2.75 bits per heavy atom. The first kappa shape index (κ1) is 20.0. The maximum absolute atomic E-state index is 13.6. The average molecular weight is 422 g/mol. The summed E-state index contributed by atoms with van der Waals surface area (Å²) in [4.78, 5) is 21.7. The van der Waals surface area contributed by atoms with Gasteiger partial charge < -0.3 is 4.90 Å². The quantitative estimate of drug-likeness (QED) is 0.456. The van der Waals surface area contributed by atoms with Gasteiger partial charge >= 0.3 is 0 Å². The van der Waals surface area contributed by atoms with Crippen LogP contribution in [0.25, 0.3) is 16.6 Å². The number of piperidine rings is 1. The summed E-state index contributed by atoms with van der Waals surface area (Å²) >= 11 is 0. The maximum atomic E-state index is 13.6. The van der Waals surface area contributed by atoms with Crippen molar-refractivity contribution in [2.75, 3.05) is 6.54 Å². The predicted octanol–water partition coefficient (Wildman–Crippen LogP) is 4.17. The van der Waals surface area contributed by atoms with Crippen molar-refractivity contribution < 1.29 is 4.79 Å². The van der Waals surface area contributed by atoms with Gasteiger partial charge in [-0.1, -0.05) is 41.8 Å². The van der Waals surface area contributed by atoms with Gasteiger partial charge in [0.25, 0.3) is 5.91 Å². The molecule has 0 aliphatic carbocycles. The molecule has 32 heavy (non-hydrogen) atoms. The molecule has 1 atom stereocenters. The second-order valence-corrected chi connectivity index (χ2v) is 8.01. The van der Waals surface area contributed by atoms with Crippen molar-refractivity contribution >= 4 is 16.8 Å². The fourth-order valence-electron chi connectivity index (χ4n) is 4.11. The lowest BCUT2D eigenvalue weighted by atomic mass is 9.99. The van der Waals surface area contributed by atoms with E-state index in [1.165, 1.54) is 4.80 Å². The lowest BCUT2D eigenvalue weighted by Gasteiger charge is -2.33. The van der Waals surface area contributed by atoms with Crippen molar-refractivity contribution in [2.45, 2.75) is 32.2 Å². The zero-order valence-corrected chi connectivity index (χ0v) is 17.9. The minimum Gasteiger partial charge on any atom is -0.325 e. The number of pyridine rings is 1. The molecule has 1 aliphatic heterocycles. The minimum atomic E-state index is -0.150. The number of hydrogen-bond acceptors (Lipinski definition) is 4. The molecule has 0 spiro atoms. The molecule has 1 saturated heterocycles. The van der Waals surface area contributed by atoms with Crippen molar-refractivity contribution in [1.82, 2.24) is 24.9 Å². The van der Waals surface area contributed by atoms with Gasteiger partial charge in [-0.2, -0.15) is 15.0 Å². The first-order valence-corrected chi connectivity index (χ1v) is 10.8. The molecule has 2 aromatic heterocycles. The third kappa shape index (κ3) is 3.97. The number of carbonyl (C=O) groups is 1. The Morgan fingerprint density at radius 2 is 1.88 bits per heavy atom. The van der Waals surface area contributed by atoms with E-state index in [0.29, 0.717) is 17.8 Å². The zero-order chi connectivity index (χ0) is 21.9. The Morgan fingerprint density at radius 1 is 1.03 bits per heavy atom. The number of aromatic nitrogens is 4. The number of para-hydroxylation sites is 1. The molecule has 1 unspecified atom stereocenters. The molecule has 4 aromatic rings. The van der Waals surface area contributed by atoms with Gasteiger partial charge in [0.2, 0.25) is 0 Å². The number of amides is 1. The minimum absolute atomic E-state index is 0.0357. The monoisotopic (exact) mass is 421 g/mol. The summed E-state index contributed by atoms with van der Waals surface area (Å²) in [7, 11) is 0. The van der Waals surface area contributed by atoms with Crippen molar-refractivity contribution in [3.8, 4) is 17.5 Å². The molecule has 5 rings (SSSR count). The Kier molecular flexibility index (Phi) is 5.39. The van der Waals surface area contributed by atoms with Crippen LogP contribution in [0, 0.1) is 18.8 Å². The smallest absolute Gasteiger partial charge is 0.257 e. The third-order valence-corrected chi connectivity index (χ3v) is 5.75. The molecule has 0 bridgehead atoms. The van der Waals surface area contributed by atoms with E-state index in [4.69, 9.17) is 0 Å². The second-order valence-electron chi connectivity index (χ2n) is 8.01. The third-order valence-electron chi connectivity index (χ3n) is 5.75. The van der Waals surface area contributed by atoms with E-state index in [1.807, 2.05) is 66.4 Å². The van der Waals surface area contributed by atoms with Crippen LogP contribution in [0.15, 0.2) is 67.0 Å². The van der Waals surface area contributed by atoms with E-state index < -0.39 is 0 Å². The summed E-state index contributed by atoms with van der Waals surface area (Å²) in [5.41, 5.74) is 3.94. The number of aryl methyl sites for hydroxylation is 1. The standard InChI is InChI=1S/C26H23N5O/c1-19-9-14-25(31-27-15-16-28-31)23(18-19)26(32)30-17-5-4-7-22(30)13-12-21-11-10-20-6-2-3-8-24(20)29-21/h2-3,6,8-11,14-16,18,22H,4-5,7,17H2,1H3. The maximum Gasteiger partial charge on any atom is 0.257 e. The molecule has 1 amide bonds. The largest absolute Gasteiger partial charge is 0.325 e. The normalized spacial score (nSPS) is 15.9. The average Bonchev–Trinajstić information content (AvgIpc) is 3.37. The second kappa shape index (κ2) is 8.64. The van der Waals surface area contributed by atoms with Gasteiger partial charge in [-0.3, -0.25) is 4.79 Å². The summed E-state index contributed by atoms with van der Waals surface area (Å²) in [5.74, 6) is 6.50. The van der Waals surface area contributed by atoms with Crippen LogP contribution in [0.3, 0.4) is 0 Å². The fourth-order valence-corrected chi connectivity index (χ4v) is 4.11. The van der Waals surface area contributed by atoms with E-state index >= 15 is 0 Å². The molecular formula is C26H23N5O. The van der Waals surface area contributed by atoms with Gasteiger partial charge in [0.05, 0.1) is 35.2 Å². The Balaban J connectivity index is 1.46. The van der Waals surface area contributed by atoms with E-state index in [0.717, 1.165) is 41.4 Å². The van der Waals surface area contributed by atoms with Crippen LogP contribution in [0.4, 0.5) is 0 Å². The van der Waals surface area contributed by atoms with Gasteiger partial charge in [-0.25, -0.2) is 4.98 Å². The molecule has 1 aliphatic rings. The summed E-state index contributed by atoms with van der Waals surface area (Å²) < 4.78 is 0.